The molecule has 2 unspecified atom stereocenters. The van der Waals surface area contributed by atoms with Crippen LogP contribution in [0.1, 0.15) is 87.8 Å². The Morgan fingerprint density at radius 3 is 2.25 bits per heavy atom. The van der Waals surface area contributed by atoms with Gasteiger partial charge in [-0.1, -0.05) is 12.1 Å². The number of allylic oxidation sites excluding steroid dienone is 1. The number of anilines is 3. The fourth-order valence-electron chi connectivity index (χ4n) is 12.4. The fraction of sp³-hybridized carbons (Fsp3) is 0.490. The van der Waals surface area contributed by atoms with Crippen molar-refractivity contribution in [2.24, 2.45) is 28.5 Å². The number of nitrogens with two attached hydrogens (primary N) is 3. The van der Waals surface area contributed by atoms with Gasteiger partial charge in [0, 0.05) is 104 Å². The number of para-hydroxylation sites is 1. The Kier molecular flexibility index (Phi) is 11.6. The van der Waals surface area contributed by atoms with Gasteiger partial charge in [-0.25, -0.2) is 9.18 Å². The summed E-state index contributed by atoms with van der Waals surface area (Å²) in [6.45, 7) is 9.10. The van der Waals surface area contributed by atoms with Crippen molar-refractivity contribution < 1.29 is 19.1 Å². The van der Waals surface area contributed by atoms with Crippen LogP contribution in [-0.2, 0) is 4.79 Å². The van der Waals surface area contributed by atoms with Gasteiger partial charge in [-0.05, 0) is 156 Å². The minimum Gasteiger partial charge on any atom is -0.507 e. The number of amides is 3. The van der Waals surface area contributed by atoms with Crippen LogP contribution in [0.15, 0.2) is 84.5 Å². The van der Waals surface area contributed by atoms with Crippen LogP contribution in [0.3, 0.4) is 0 Å². The molecule has 4 aromatic rings. The van der Waals surface area contributed by atoms with Crippen LogP contribution >= 0.6 is 0 Å². The number of hydrogen-bond donors (Lipinski definition) is 5. The first kappa shape index (κ1) is 43.0. The fourth-order valence-corrected chi connectivity index (χ4v) is 12.4. The molecule has 65 heavy (non-hydrogen) atoms. The SMILES string of the molecule is Cc1c(N2CCC(=O)NC2=O)ccc2c1ccn2C1CCC2(CC1)CCN(CC1CCN(c3cc(N4C5CCC4CN(C(/C=C(\N)c4ccccc4O)=C(N)N)C5)ccc3F)CC1)CC2. The lowest BCUT2D eigenvalue weighted by atomic mass is 9.67. The molecule has 6 aliphatic rings. The number of fused-ring (bicyclic) bond motifs is 3. The zero-order chi connectivity index (χ0) is 45.0. The van der Waals surface area contributed by atoms with Crippen molar-refractivity contribution in [2.75, 3.05) is 67.1 Å². The summed E-state index contributed by atoms with van der Waals surface area (Å²) < 4.78 is 18.1. The van der Waals surface area contributed by atoms with Crippen molar-refractivity contribution in [1.82, 2.24) is 19.7 Å². The Morgan fingerprint density at radius 1 is 0.831 bits per heavy atom. The molecule has 2 atom stereocenters. The maximum absolute atomic E-state index is 15.6. The minimum atomic E-state index is -0.339. The monoisotopic (exact) mass is 885 g/mol. The number of carbonyl (C=O) groups excluding carboxylic acids is 2. The number of aryl methyl sites for hydroxylation is 1. The molecular formula is C51H65FN10O3. The quantitative estimate of drug-likeness (QED) is 0.110. The van der Waals surface area contributed by atoms with Crippen molar-refractivity contribution in [1.29, 1.82) is 0 Å². The van der Waals surface area contributed by atoms with Gasteiger partial charge in [-0.2, -0.15) is 0 Å². The van der Waals surface area contributed by atoms with Crippen LogP contribution in [-0.4, -0.2) is 95.9 Å². The minimum absolute atomic E-state index is 0.104. The predicted octanol–water partition coefficient (Wildman–Crippen LogP) is 7.09. The largest absolute Gasteiger partial charge is 0.507 e. The van der Waals surface area contributed by atoms with Gasteiger partial charge in [0.25, 0.3) is 0 Å². The normalized spacial score (nSPS) is 23.4. The average Bonchev–Trinajstić information content (AvgIpc) is 3.85. The second-order valence-electron chi connectivity index (χ2n) is 19.9. The number of hydrogen-bond acceptors (Lipinski definition) is 10. The summed E-state index contributed by atoms with van der Waals surface area (Å²) >= 11 is 0. The molecule has 14 heteroatoms. The zero-order valence-electron chi connectivity index (χ0n) is 37.7. The number of piperazine rings is 1. The van der Waals surface area contributed by atoms with E-state index in [4.69, 9.17) is 17.2 Å². The van der Waals surface area contributed by atoms with Crippen LogP contribution in [0.2, 0.25) is 0 Å². The number of aromatic nitrogens is 1. The van der Waals surface area contributed by atoms with Gasteiger partial charge in [0.05, 0.1) is 11.4 Å². The summed E-state index contributed by atoms with van der Waals surface area (Å²) in [6.07, 6.45) is 15.9. The molecule has 8 N–H and O–H groups in total. The maximum Gasteiger partial charge on any atom is 0.328 e. The maximum atomic E-state index is 15.6. The number of nitrogens with zero attached hydrogens (tertiary/aromatic N) is 6. The molecule has 1 spiro atoms. The van der Waals surface area contributed by atoms with Gasteiger partial charge in [0.1, 0.15) is 17.4 Å². The molecule has 6 heterocycles. The van der Waals surface area contributed by atoms with Gasteiger partial charge in [-0.3, -0.25) is 15.0 Å². The smallest absolute Gasteiger partial charge is 0.328 e. The number of benzene rings is 3. The second-order valence-corrected chi connectivity index (χ2v) is 19.9. The second kappa shape index (κ2) is 17.5. The van der Waals surface area contributed by atoms with E-state index in [2.05, 4.69) is 60.8 Å². The third kappa shape index (κ3) is 8.34. The highest BCUT2D eigenvalue weighted by molar-refractivity contribution is 6.07. The Hall–Kier alpha value is -5.89. The molecule has 13 nitrogen and oxygen atoms in total. The van der Waals surface area contributed by atoms with E-state index in [0.29, 0.717) is 66.1 Å². The van der Waals surface area contributed by atoms with Gasteiger partial charge in [-0.15, -0.1) is 0 Å². The first-order chi connectivity index (χ1) is 31.4. The third-order valence-corrected chi connectivity index (χ3v) is 16.1. The zero-order valence-corrected chi connectivity index (χ0v) is 37.7. The molecule has 5 aliphatic heterocycles. The molecule has 2 bridgehead atoms. The van der Waals surface area contributed by atoms with E-state index < -0.39 is 0 Å². The number of halogens is 1. The first-order valence-electron chi connectivity index (χ1n) is 24.0. The van der Waals surface area contributed by atoms with E-state index in [1.807, 2.05) is 18.2 Å². The standard InChI is InChI=1S/C51H65FN10O3/c1-33-39-16-24-60(44(39)11-10-43(33)61-25-17-48(64)56-50(61)65)35-12-18-51(19-13-35)20-26-57(27-21-51)30-34-14-22-58(23-15-34)45-28-36(8-9-41(45)52)62-37-6-7-38(62)32-59(31-37)46(49(54)55)29-42(53)40-4-2-3-5-47(40)63/h2-5,8-11,16,24,28-29,34-35,37-38,63H,6-7,12-15,17-23,25-27,30-32,53-55H2,1H3,(H,56,64,65)/b42-29-. The van der Waals surface area contributed by atoms with E-state index in [1.165, 1.54) is 49.4 Å². The third-order valence-electron chi connectivity index (χ3n) is 16.1. The number of nitrogens with one attached hydrogen (secondary N) is 1. The molecule has 6 fully saturated rings. The molecule has 1 aromatic heterocycles. The van der Waals surface area contributed by atoms with E-state index in [9.17, 15) is 14.7 Å². The Bertz CT molecular complexity index is 2490. The highest BCUT2D eigenvalue weighted by Crippen LogP contribution is 2.49. The predicted molar refractivity (Wildman–Crippen MR) is 256 cm³/mol. The number of carbonyl (C=O) groups is 2. The van der Waals surface area contributed by atoms with Crippen molar-refractivity contribution in [2.45, 2.75) is 95.7 Å². The van der Waals surface area contributed by atoms with Crippen molar-refractivity contribution in [3.8, 4) is 5.75 Å². The van der Waals surface area contributed by atoms with Crippen LogP contribution in [0.4, 0.5) is 26.2 Å². The number of phenols is 1. The van der Waals surface area contributed by atoms with Crippen molar-refractivity contribution in [3.05, 3.63) is 101 Å². The van der Waals surface area contributed by atoms with Crippen molar-refractivity contribution in [3.63, 3.8) is 0 Å². The Morgan fingerprint density at radius 2 is 1.55 bits per heavy atom. The van der Waals surface area contributed by atoms with Crippen LogP contribution in [0.5, 0.6) is 5.75 Å². The van der Waals surface area contributed by atoms with E-state index in [-0.39, 0.29) is 41.4 Å². The van der Waals surface area contributed by atoms with Gasteiger partial charge < -0.3 is 46.5 Å². The summed E-state index contributed by atoms with van der Waals surface area (Å²) in [5.74, 6) is 0.545. The molecule has 3 amide bonds. The average molecular weight is 885 g/mol. The Labute approximate surface area is 381 Å². The van der Waals surface area contributed by atoms with E-state index in [0.717, 1.165) is 75.3 Å². The molecule has 344 valence electrons. The number of likely N-dealkylation sites (tertiary alicyclic amines) is 2. The lowest BCUT2D eigenvalue weighted by molar-refractivity contribution is -0.120. The molecule has 0 radical (unpaired) electrons. The first-order valence-corrected chi connectivity index (χ1v) is 24.0. The summed E-state index contributed by atoms with van der Waals surface area (Å²) in [4.78, 5) is 35.7. The van der Waals surface area contributed by atoms with Crippen LogP contribution < -0.4 is 37.2 Å². The van der Waals surface area contributed by atoms with Crippen molar-refractivity contribution >= 4 is 45.6 Å². The molecule has 5 saturated heterocycles. The number of imide groups is 1. The molecule has 1 saturated carbocycles. The number of rotatable bonds is 9. The van der Waals surface area contributed by atoms with Gasteiger partial charge >= 0.3 is 6.03 Å². The summed E-state index contributed by atoms with van der Waals surface area (Å²) in [5, 5.41) is 14.0. The summed E-state index contributed by atoms with van der Waals surface area (Å²) in [5.41, 5.74) is 25.9. The highest BCUT2D eigenvalue weighted by Gasteiger charge is 2.42. The number of aromatic hydroxyl groups is 1. The van der Waals surface area contributed by atoms with Gasteiger partial charge in [0.15, 0.2) is 0 Å². The summed E-state index contributed by atoms with van der Waals surface area (Å²) in [6, 6.07) is 19.6. The Balaban J connectivity index is 0.707. The van der Waals surface area contributed by atoms with Crippen LogP contribution in [0, 0.1) is 24.1 Å². The van der Waals surface area contributed by atoms with Crippen LogP contribution in [0.25, 0.3) is 16.6 Å². The van der Waals surface area contributed by atoms with E-state index in [1.54, 1.807) is 35.2 Å². The number of urea groups is 1. The molecule has 10 rings (SSSR count). The highest BCUT2D eigenvalue weighted by atomic mass is 19.1. The molecule has 1 aliphatic carbocycles. The number of piperidine rings is 2. The number of phenolic OH excluding ortho intramolecular Hbond substituents is 1. The lowest BCUT2D eigenvalue weighted by Gasteiger charge is -2.47. The van der Waals surface area contributed by atoms with Gasteiger partial charge in [0.2, 0.25) is 5.91 Å². The topological polar surface area (TPSA) is 166 Å². The molecular weight excluding hydrogens is 820 g/mol. The summed E-state index contributed by atoms with van der Waals surface area (Å²) in [7, 11) is 0. The van der Waals surface area contributed by atoms with E-state index >= 15 is 4.39 Å². The lowest BCUT2D eigenvalue weighted by Crippen LogP contribution is -2.54. The molecule has 3 aromatic carbocycles.